The number of hydrogen-bond donors (Lipinski definition) is 2. The summed E-state index contributed by atoms with van der Waals surface area (Å²) in [7, 11) is 0. The third-order valence-corrected chi connectivity index (χ3v) is 5.08. The summed E-state index contributed by atoms with van der Waals surface area (Å²) in [6, 6.07) is -0.960. The highest BCUT2D eigenvalue weighted by Gasteiger charge is 2.42. The SMILES string of the molecule is CC1CN(C(=O)N2C(C)SCC2C(=O)O)CCC1O. The van der Waals surface area contributed by atoms with Crippen molar-refractivity contribution in [1.82, 2.24) is 9.80 Å². The molecule has 0 aromatic heterocycles. The first-order valence-electron chi connectivity index (χ1n) is 6.51. The molecule has 7 heteroatoms. The number of nitrogens with zero attached hydrogens (tertiary/aromatic N) is 2. The molecule has 0 saturated carbocycles. The van der Waals surface area contributed by atoms with Gasteiger partial charge < -0.3 is 15.1 Å². The molecule has 6 nitrogen and oxygen atoms in total. The molecule has 0 aliphatic carbocycles. The smallest absolute Gasteiger partial charge is 0.327 e. The van der Waals surface area contributed by atoms with Crippen LogP contribution in [0.4, 0.5) is 4.79 Å². The zero-order chi connectivity index (χ0) is 14.2. The average molecular weight is 288 g/mol. The van der Waals surface area contributed by atoms with Crippen molar-refractivity contribution in [3.8, 4) is 0 Å². The number of carbonyl (C=O) groups is 2. The second kappa shape index (κ2) is 5.58. The lowest BCUT2D eigenvalue weighted by Gasteiger charge is -2.38. The van der Waals surface area contributed by atoms with E-state index in [1.165, 1.54) is 16.7 Å². The number of carboxylic acids is 1. The van der Waals surface area contributed by atoms with Gasteiger partial charge in [0.05, 0.1) is 11.5 Å². The number of amides is 2. The highest BCUT2D eigenvalue weighted by atomic mass is 32.2. The molecule has 2 aliphatic heterocycles. The molecular formula is C12H20N2O4S. The summed E-state index contributed by atoms with van der Waals surface area (Å²) in [6.45, 7) is 4.74. The van der Waals surface area contributed by atoms with Gasteiger partial charge in [0.1, 0.15) is 6.04 Å². The van der Waals surface area contributed by atoms with Gasteiger partial charge >= 0.3 is 12.0 Å². The average Bonchev–Trinajstić information content (AvgIpc) is 2.74. The molecule has 4 atom stereocenters. The molecule has 2 amide bonds. The van der Waals surface area contributed by atoms with Gasteiger partial charge in [0.15, 0.2) is 0 Å². The van der Waals surface area contributed by atoms with Crippen molar-refractivity contribution in [1.29, 1.82) is 0 Å². The van der Waals surface area contributed by atoms with Crippen LogP contribution in [0.5, 0.6) is 0 Å². The van der Waals surface area contributed by atoms with E-state index in [0.717, 1.165) is 0 Å². The van der Waals surface area contributed by atoms with Crippen molar-refractivity contribution in [3.63, 3.8) is 0 Å². The molecule has 108 valence electrons. The predicted octanol–water partition coefficient (Wildman–Crippen LogP) is 0.657. The van der Waals surface area contributed by atoms with Crippen LogP contribution < -0.4 is 0 Å². The number of aliphatic carboxylic acids is 1. The Kier molecular flexibility index (Phi) is 4.25. The Morgan fingerprint density at radius 2 is 2.00 bits per heavy atom. The van der Waals surface area contributed by atoms with Crippen LogP contribution in [-0.4, -0.2) is 68.4 Å². The van der Waals surface area contributed by atoms with Crippen LogP contribution in [-0.2, 0) is 4.79 Å². The zero-order valence-corrected chi connectivity index (χ0v) is 12.0. The lowest BCUT2D eigenvalue weighted by molar-refractivity contribution is -0.141. The number of piperidine rings is 1. The summed E-state index contributed by atoms with van der Waals surface area (Å²) >= 11 is 1.48. The van der Waals surface area contributed by atoms with E-state index in [9.17, 15) is 19.8 Å². The van der Waals surface area contributed by atoms with Crippen LogP contribution in [0, 0.1) is 5.92 Å². The molecule has 2 aliphatic rings. The summed E-state index contributed by atoms with van der Waals surface area (Å²) < 4.78 is 0. The van der Waals surface area contributed by atoms with Gasteiger partial charge in [-0.1, -0.05) is 6.92 Å². The number of hydrogen-bond acceptors (Lipinski definition) is 4. The maximum Gasteiger partial charge on any atom is 0.327 e. The summed E-state index contributed by atoms with van der Waals surface area (Å²) in [5, 5.41) is 18.7. The van der Waals surface area contributed by atoms with Gasteiger partial charge in [0.25, 0.3) is 0 Å². The second-order valence-electron chi connectivity index (χ2n) is 5.26. The van der Waals surface area contributed by atoms with Crippen LogP contribution in [0.25, 0.3) is 0 Å². The van der Waals surface area contributed by atoms with Gasteiger partial charge in [-0.05, 0) is 19.3 Å². The largest absolute Gasteiger partial charge is 0.480 e. The third kappa shape index (κ3) is 2.81. The van der Waals surface area contributed by atoms with Crippen molar-refractivity contribution in [3.05, 3.63) is 0 Å². The lowest BCUT2D eigenvalue weighted by atomic mass is 9.97. The van der Waals surface area contributed by atoms with E-state index in [1.807, 2.05) is 13.8 Å². The minimum absolute atomic E-state index is 0.0338. The van der Waals surface area contributed by atoms with Crippen LogP contribution in [0.2, 0.25) is 0 Å². The van der Waals surface area contributed by atoms with Gasteiger partial charge in [0.2, 0.25) is 0 Å². The maximum atomic E-state index is 12.5. The first kappa shape index (κ1) is 14.5. The molecule has 2 rings (SSSR count). The molecule has 0 aromatic carbocycles. The van der Waals surface area contributed by atoms with Crippen molar-refractivity contribution in [2.45, 2.75) is 37.8 Å². The van der Waals surface area contributed by atoms with Gasteiger partial charge in [-0.25, -0.2) is 9.59 Å². The zero-order valence-electron chi connectivity index (χ0n) is 11.2. The Morgan fingerprint density at radius 1 is 1.32 bits per heavy atom. The molecule has 2 fully saturated rings. The molecule has 2 heterocycles. The summed E-state index contributed by atoms with van der Waals surface area (Å²) in [5.41, 5.74) is 0. The van der Waals surface area contributed by atoms with E-state index in [2.05, 4.69) is 0 Å². The molecule has 0 bridgehead atoms. The van der Waals surface area contributed by atoms with Crippen molar-refractivity contribution < 1.29 is 19.8 Å². The van der Waals surface area contributed by atoms with E-state index in [4.69, 9.17) is 0 Å². The highest BCUT2D eigenvalue weighted by molar-refractivity contribution is 8.00. The van der Waals surface area contributed by atoms with E-state index >= 15 is 0 Å². The first-order chi connectivity index (χ1) is 8.91. The van der Waals surface area contributed by atoms with Crippen molar-refractivity contribution in [2.24, 2.45) is 5.92 Å². The molecule has 4 unspecified atom stereocenters. The fourth-order valence-corrected chi connectivity index (χ4v) is 3.76. The van der Waals surface area contributed by atoms with Gasteiger partial charge in [-0.2, -0.15) is 0 Å². The topological polar surface area (TPSA) is 81.1 Å². The summed E-state index contributed by atoms with van der Waals surface area (Å²) in [4.78, 5) is 26.8. The van der Waals surface area contributed by atoms with Crippen LogP contribution in [0.15, 0.2) is 0 Å². The van der Waals surface area contributed by atoms with E-state index < -0.39 is 12.0 Å². The van der Waals surface area contributed by atoms with Crippen molar-refractivity contribution >= 4 is 23.8 Å². The van der Waals surface area contributed by atoms with Crippen LogP contribution in [0.1, 0.15) is 20.3 Å². The quantitative estimate of drug-likeness (QED) is 0.741. The Hall–Kier alpha value is -0.950. The van der Waals surface area contributed by atoms with Crippen LogP contribution in [0.3, 0.4) is 0 Å². The molecule has 0 spiro atoms. The minimum atomic E-state index is -0.949. The van der Waals surface area contributed by atoms with Crippen LogP contribution >= 0.6 is 11.8 Å². The van der Waals surface area contributed by atoms with E-state index in [0.29, 0.717) is 25.3 Å². The van der Waals surface area contributed by atoms with Crippen molar-refractivity contribution in [2.75, 3.05) is 18.8 Å². The summed E-state index contributed by atoms with van der Waals surface area (Å²) in [6.07, 6.45) is 0.185. The monoisotopic (exact) mass is 288 g/mol. The summed E-state index contributed by atoms with van der Waals surface area (Å²) in [5.74, 6) is -0.476. The number of carbonyl (C=O) groups excluding carboxylic acids is 1. The number of aliphatic hydroxyl groups is 1. The minimum Gasteiger partial charge on any atom is -0.480 e. The van der Waals surface area contributed by atoms with Gasteiger partial charge in [-0.15, -0.1) is 11.8 Å². The molecular weight excluding hydrogens is 268 g/mol. The second-order valence-corrected chi connectivity index (χ2v) is 6.60. The number of rotatable bonds is 1. The normalized spacial score (nSPS) is 35.5. The van der Waals surface area contributed by atoms with E-state index in [-0.39, 0.29) is 23.4 Å². The molecule has 2 N–H and O–H groups in total. The van der Waals surface area contributed by atoms with Gasteiger partial charge in [-0.3, -0.25) is 4.90 Å². The maximum absolute atomic E-state index is 12.5. The standard InChI is InChI=1S/C12H20N2O4S/c1-7-5-13(4-3-10(7)15)12(18)14-8(2)19-6-9(14)11(16)17/h7-10,15H,3-6H2,1-2H3,(H,16,17). The predicted molar refractivity (Wildman–Crippen MR) is 71.9 cm³/mol. The van der Waals surface area contributed by atoms with Gasteiger partial charge in [0, 0.05) is 18.8 Å². The lowest BCUT2D eigenvalue weighted by Crippen LogP contribution is -2.54. The number of aliphatic hydroxyl groups excluding tert-OH is 1. The molecule has 0 aromatic rings. The number of likely N-dealkylation sites (tertiary alicyclic amines) is 1. The Balaban J connectivity index is 2.08. The Bertz CT molecular complexity index is 379. The number of thioether (sulfide) groups is 1. The number of urea groups is 1. The Labute approximate surface area is 116 Å². The number of carboxylic acid groups (broad SMARTS) is 1. The highest BCUT2D eigenvalue weighted by Crippen LogP contribution is 2.31. The molecule has 2 saturated heterocycles. The fourth-order valence-electron chi connectivity index (χ4n) is 2.59. The fraction of sp³-hybridized carbons (Fsp3) is 0.833. The molecule has 0 radical (unpaired) electrons. The molecule has 19 heavy (non-hydrogen) atoms. The Morgan fingerprint density at radius 3 is 2.58 bits per heavy atom. The third-order valence-electron chi connectivity index (χ3n) is 3.86. The first-order valence-corrected chi connectivity index (χ1v) is 7.56. The van der Waals surface area contributed by atoms with E-state index in [1.54, 1.807) is 4.90 Å².